The van der Waals surface area contributed by atoms with Gasteiger partial charge in [-0.3, -0.25) is 24.0 Å². The second-order valence-electron chi connectivity index (χ2n) is 7.82. The molecule has 0 atom stereocenters. The number of hydrogen-bond acceptors (Lipinski definition) is 7. The summed E-state index contributed by atoms with van der Waals surface area (Å²) in [6, 6.07) is 5.16. The summed E-state index contributed by atoms with van der Waals surface area (Å²) < 4.78 is 18.4. The number of carbonyl (C=O) groups is 1. The van der Waals surface area contributed by atoms with Crippen LogP contribution in [0.15, 0.2) is 44.8 Å². The van der Waals surface area contributed by atoms with Crippen LogP contribution in [0.2, 0.25) is 0 Å². The number of aromatic nitrogens is 1. The van der Waals surface area contributed by atoms with Crippen molar-refractivity contribution in [2.45, 2.75) is 13.3 Å². The molecule has 0 radical (unpaired) electrons. The van der Waals surface area contributed by atoms with Gasteiger partial charge in [0.2, 0.25) is 0 Å². The third-order valence-electron chi connectivity index (χ3n) is 5.54. The van der Waals surface area contributed by atoms with E-state index in [1.807, 2.05) is 0 Å². The highest BCUT2D eigenvalue weighted by atomic mass is 16.5. The predicted molar refractivity (Wildman–Crippen MR) is 134 cm³/mol. The predicted octanol–water partition coefficient (Wildman–Crippen LogP) is 2.22. The summed E-state index contributed by atoms with van der Waals surface area (Å²) in [4.78, 5) is 35.2. The average Bonchev–Trinajstić information content (AvgIpc) is 2.85. The van der Waals surface area contributed by atoms with Gasteiger partial charge in [-0.2, -0.15) is 0 Å². The highest BCUT2D eigenvalue weighted by Gasteiger charge is 2.17. The lowest BCUT2D eigenvalue weighted by atomic mass is 10.1. The van der Waals surface area contributed by atoms with E-state index in [-0.39, 0.29) is 5.56 Å². The van der Waals surface area contributed by atoms with Crippen LogP contribution in [0.5, 0.6) is 11.5 Å². The Labute approximate surface area is 198 Å². The van der Waals surface area contributed by atoms with Crippen molar-refractivity contribution in [3.05, 3.63) is 40.3 Å². The zero-order valence-corrected chi connectivity index (χ0v) is 19.9. The number of aliphatic imine (C=N–C) groups is 2. The van der Waals surface area contributed by atoms with E-state index in [2.05, 4.69) is 26.9 Å². The van der Waals surface area contributed by atoms with Crippen molar-refractivity contribution in [1.82, 2.24) is 9.47 Å². The number of carbonyl (C=O) groups excluding carboxylic acids is 1. The molecular weight excluding hydrogens is 438 g/mol. The lowest BCUT2D eigenvalue weighted by Gasteiger charge is -2.26. The summed E-state index contributed by atoms with van der Waals surface area (Å²) in [5.74, 6) is 0.921. The number of benzene rings is 1. The SMILES string of the molecule is C=NC=N/C=C(\C)C(=O)Nc1cc2c(OC)c(OCCCN3CCOCC3)ccc2c(=O)n1C. The smallest absolute Gasteiger partial charge is 0.259 e. The number of methoxy groups -OCH3 is 1. The molecule has 2 aromatic rings. The first-order chi connectivity index (χ1) is 16.5. The molecule has 0 saturated carbocycles. The van der Waals surface area contributed by atoms with E-state index in [1.54, 1.807) is 32.2 Å². The van der Waals surface area contributed by atoms with Crippen LogP contribution in [-0.4, -0.2) is 75.0 Å². The summed E-state index contributed by atoms with van der Waals surface area (Å²) >= 11 is 0. The molecule has 1 saturated heterocycles. The quantitative estimate of drug-likeness (QED) is 0.248. The topological polar surface area (TPSA) is 107 Å². The first-order valence-corrected chi connectivity index (χ1v) is 11.1. The van der Waals surface area contributed by atoms with Crippen LogP contribution in [0.4, 0.5) is 5.82 Å². The van der Waals surface area contributed by atoms with Crippen LogP contribution >= 0.6 is 0 Å². The number of hydrogen-bond donors (Lipinski definition) is 1. The second-order valence-corrected chi connectivity index (χ2v) is 7.82. The Balaban J connectivity index is 1.81. The molecule has 10 heteroatoms. The average molecular weight is 470 g/mol. The van der Waals surface area contributed by atoms with Gasteiger partial charge in [-0.25, -0.2) is 4.99 Å². The van der Waals surface area contributed by atoms with Crippen molar-refractivity contribution in [1.29, 1.82) is 0 Å². The Morgan fingerprint density at radius 2 is 2.06 bits per heavy atom. The Morgan fingerprint density at radius 3 is 2.76 bits per heavy atom. The van der Waals surface area contributed by atoms with Crippen molar-refractivity contribution in [2.75, 3.05) is 51.9 Å². The summed E-state index contributed by atoms with van der Waals surface area (Å²) in [5, 5.41) is 3.78. The van der Waals surface area contributed by atoms with Crippen molar-refractivity contribution >= 4 is 35.6 Å². The third-order valence-corrected chi connectivity index (χ3v) is 5.54. The van der Waals surface area contributed by atoms with Gasteiger partial charge >= 0.3 is 0 Å². The van der Waals surface area contributed by atoms with Gasteiger partial charge < -0.3 is 19.5 Å². The van der Waals surface area contributed by atoms with E-state index in [1.165, 1.54) is 24.2 Å². The van der Waals surface area contributed by atoms with Gasteiger partial charge in [0.05, 0.1) is 32.3 Å². The van der Waals surface area contributed by atoms with Gasteiger partial charge in [0.1, 0.15) is 12.2 Å². The molecule has 0 spiro atoms. The first-order valence-electron chi connectivity index (χ1n) is 11.1. The molecule has 1 aliphatic rings. The molecule has 0 bridgehead atoms. The van der Waals surface area contributed by atoms with Crippen LogP contribution in [0.3, 0.4) is 0 Å². The van der Waals surface area contributed by atoms with E-state index in [9.17, 15) is 9.59 Å². The van der Waals surface area contributed by atoms with E-state index >= 15 is 0 Å². The number of nitrogens with zero attached hydrogens (tertiary/aromatic N) is 4. The maximum Gasteiger partial charge on any atom is 0.259 e. The van der Waals surface area contributed by atoms with Crippen molar-refractivity contribution in [3.8, 4) is 11.5 Å². The number of fused-ring (bicyclic) bond motifs is 1. The monoisotopic (exact) mass is 469 g/mol. The lowest BCUT2D eigenvalue weighted by Crippen LogP contribution is -2.37. The molecule has 10 nitrogen and oxygen atoms in total. The lowest BCUT2D eigenvalue weighted by molar-refractivity contribution is -0.112. The minimum atomic E-state index is -0.398. The fraction of sp³-hybridized carbons (Fsp3) is 0.417. The molecule has 182 valence electrons. The maximum absolute atomic E-state index is 13.0. The summed E-state index contributed by atoms with van der Waals surface area (Å²) in [5.41, 5.74) is 0.0808. The van der Waals surface area contributed by atoms with Gasteiger partial charge in [0.25, 0.3) is 11.5 Å². The van der Waals surface area contributed by atoms with Gasteiger partial charge in [-0.05, 0) is 38.3 Å². The number of morpholine rings is 1. The van der Waals surface area contributed by atoms with Crippen molar-refractivity contribution < 1.29 is 19.0 Å². The zero-order valence-electron chi connectivity index (χ0n) is 19.9. The van der Waals surface area contributed by atoms with E-state index < -0.39 is 5.91 Å². The first kappa shape index (κ1) is 25.1. The van der Waals surface area contributed by atoms with E-state index in [4.69, 9.17) is 14.2 Å². The summed E-state index contributed by atoms with van der Waals surface area (Å²) in [6.07, 6.45) is 3.46. The molecule has 1 aromatic carbocycles. The molecule has 1 aromatic heterocycles. The Kier molecular flexibility index (Phi) is 8.94. The molecule has 1 amide bonds. The number of ether oxygens (including phenoxy) is 3. The summed E-state index contributed by atoms with van der Waals surface area (Å²) in [7, 11) is 3.13. The van der Waals surface area contributed by atoms with Crippen molar-refractivity contribution in [3.63, 3.8) is 0 Å². The highest BCUT2D eigenvalue weighted by Crippen LogP contribution is 2.35. The third kappa shape index (κ3) is 6.09. The highest BCUT2D eigenvalue weighted by molar-refractivity contribution is 6.04. The van der Waals surface area contributed by atoms with Crippen LogP contribution in [0.25, 0.3) is 10.8 Å². The second kappa shape index (κ2) is 12.1. The van der Waals surface area contributed by atoms with Crippen LogP contribution < -0.4 is 20.3 Å². The molecular formula is C24H31N5O5. The Morgan fingerprint density at radius 1 is 1.29 bits per heavy atom. The number of rotatable bonds is 10. The van der Waals surface area contributed by atoms with Gasteiger partial charge in [0, 0.05) is 43.8 Å². The molecule has 1 aliphatic heterocycles. The molecule has 1 fully saturated rings. The molecule has 0 unspecified atom stereocenters. The number of pyridine rings is 1. The Hall–Kier alpha value is -3.50. The number of anilines is 1. The minimum Gasteiger partial charge on any atom is -0.492 e. The van der Waals surface area contributed by atoms with Crippen LogP contribution in [0, 0.1) is 0 Å². The number of amides is 1. The van der Waals surface area contributed by atoms with Crippen molar-refractivity contribution in [2.24, 2.45) is 17.0 Å². The van der Waals surface area contributed by atoms with E-state index in [0.29, 0.717) is 40.3 Å². The standard InChI is InChI=1S/C24H31N5O5/c1-17(15-26-16-25-2)23(30)27-21-14-19-18(24(31)28(21)3)6-7-20(22(19)32-4)34-11-5-8-29-9-12-33-13-10-29/h6-7,14-16H,2,5,8-13H2,1,3-4H3,(H,27,30)/b17-15+,26-16?. The fourth-order valence-corrected chi connectivity index (χ4v) is 3.64. The normalized spacial score (nSPS) is 15.0. The maximum atomic E-state index is 13.0. The van der Waals surface area contributed by atoms with Gasteiger partial charge in [-0.1, -0.05) is 0 Å². The fourth-order valence-electron chi connectivity index (χ4n) is 3.64. The van der Waals surface area contributed by atoms with Crippen LogP contribution in [0.1, 0.15) is 13.3 Å². The Bertz CT molecular complexity index is 1150. The molecule has 3 rings (SSSR count). The molecule has 0 aliphatic carbocycles. The van der Waals surface area contributed by atoms with Gasteiger partial charge in [-0.15, -0.1) is 0 Å². The zero-order chi connectivity index (χ0) is 24.5. The van der Waals surface area contributed by atoms with E-state index in [0.717, 1.165) is 39.3 Å². The molecule has 34 heavy (non-hydrogen) atoms. The summed E-state index contributed by atoms with van der Waals surface area (Å²) in [6.45, 7) is 9.74. The number of nitrogens with one attached hydrogen (secondary N) is 1. The van der Waals surface area contributed by atoms with Crippen LogP contribution in [-0.2, 0) is 16.6 Å². The van der Waals surface area contributed by atoms with Gasteiger partial charge in [0.15, 0.2) is 11.5 Å². The molecule has 1 N–H and O–H groups in total. The largest absolute Gasteiger partial charge is 0.492 e. The molecule has 2 heterocycles. The minimum absolute atomic E-state index is 0.263.